The lowest BCUT2D eigenvalue weighted by Gasteiger charge is -2.05. The standard InChI is InChI=1S/C10H18N4O3/c1-2-3-5-17-6-4-14-8(7-11)9(10(15)16)12-13-14/h2-7,11H2,1H3,(H,15,16). The Morgan fingerprint density at radius 1 is 1.53 bits per heavy atom. The topological polar surface area (TPSA) is 103 Å². The Morgan fingerprint density at radius 3 is 2.88 bits per heavy atom. The van der Waals surface area contributed by atoms with Crippen LogP contribution in [0, 0.1) is 0 Å². The summed E-state index contributed by atoms with van der Waals surface area (Å²) in [6, 6.07) is 0. The average Bonchev–Trinajstić information content (AvgIpc) is 2.71. The van der Waals surface area contributed by atoms with Crippen molar-refractivity contribution in [3.8, 4) is 0 Å². The normalized spacial score (nSPS) is 10.7. The van der Waals surface area contributed by atoms with Crippen molar-refractivity contribution in [2.75, 3.05) is 13.2 Å². The van der Waals surface area contributed by atoms with Crippen LogP contribution in [0.2, 0.25) is 0 Å². The van der Waals surface area contributed by atoms with E-state index in [-0.39, 0.29) is 12.2 Å². The Morgan fingerprint density at radius 2 is 2.29 bits per heavy atom. The molecule has 0 atom stereocenters. The minimum Gasteiger partial charge on any atom is -0.476 e. The Hall–Kier alpha value is -1.47. The largest absolute Gasteiger partial charge is 0.476 e. The second-order valence-corrected chi connectivity index (χ2v) is 3.58. The van der Waals surface area contributed by atoms with Crippen molar-refractivity contribution >= 4 is 5.97 Å². The molecule has 1 aromatic heterocycles. The predicted octanol–water partition coefficient (Wildman–Crippen LogP) is 0.252. The number of carboxylic acids is 1. The molecule has 0 fully saturated rings. The quantitative estimate of drug-likeness (QED) is 0.633. The van der Waals surface area contributed by atoms with Crippen LogP contribution in [-0.4, -0.2) is 39.3 Å². The summed E-state index contributed by atoms with van der Waals surface area (Å²) in [6.45, 7) is 3.84. The van der Waals surface area contributed by atoms with Gasteiger partial charge < -0.3 is 15.6 Å². The van der Waals surface area contributed by atoms with Gasteiger partial charge in [0.1, 0.15) is 0 Å². The van der Waals surface area contributed by atoms with Gasteiger partial charge in [0.05, 0.1) is 18.8 Å². The molecule has 0 bridgehead atoms. The molecule has 0 radical (unpaired) electrons. The van der Waals surface area contributed by atoms with Crippen molar-refractivity contribution in [1.29, 1.82) is 0 Å². The molecule has 7 heteroatoms. The molecule has 1 rings (SSSR count). The third-order valence-corrected chi connectivity index (χ3v) is 2.32. The highest BCUT2D eigenvalue weighted by Crippen LogP contribution is 2.04. The van der Waals surface area contributed by atoms with E-state index in [0.717, 1.165) is 12.8 Å². The molecule has 0 aliphatic carbocycles. The van der Waals surface area contributed by atoms with Crippen molar-refractivity contribution < 1.29 is 14.6 Å². The molecule has 0 aromatic carbocycles. The van der Waals surface area contributed by atoms with Crippen LogP contribution in [0.15, 0.2) is 0 Å². The van der Waals surface area contributed by atoms with Crippen LogP contribution in [0.3, 0.4) is 0 Å². The summed E-state index contributed by atoms with van der Waals surface area (Å²) in [5.74, 6) is -1.11. The summed E-state index contributed by atoms with van der Waals surface area (Å²) in [7, 11) is 0. The van der Waals surface area contributed by atoms with Crippen LogP contribution in [0.4, 0.5) is 0 Å². The van der Waals surface area contributed by atoms with Gasteiger partial charge in [-0.2, -0.15) is 0 Å². The van der Waals surface area contributed by atoms with Crippen LogP contribution < -0.4 is 5.73 Å². The molecular weight excluding hydrogens is 224 g/mol. The first-order valence-electron chi connectivity index (χ1n) is 5.64. The maximum Gasteiger partial charge on any atom is 0.358 e. The first-order chi connectivity index (χ1) is 8.20. The van der Waals surface area contributed by atoms with E-state index in [4.69, 9.17) is 15.6 Å². The Kier molecular flexibility index (Phi) is 5.58. The van der Waals surface area contributed by atoms with E-state index in [1.165, 1.54) is 4.68 Å². The fourth-order valence-electron chi connectivity index (χ4n) is 1.38. The average molecular weight is 242 g/mol. The predicted molar refractivity (Wildman–Crippen MR) is 60.6 cm³/mol. The van der Waals surface area contributed by atoms with Crippen molar-refractivity contribution in [3.05, 3.63) is 11.4 Å². The molecule has 0 saturated carbocycles. The number of aromatic nitrogens is 3. The van der Waals surface area contributed by atoms with Gasteiger partial charge in [-0.05, 0) is 6.42 Å². The van der Waals surface area contributed by atoms with E-state index >= 15 is 0 Å². The third kappa shape index (κ3) is 3.79. The highest BCUT2D eigenvalue weighted by Gasteiger charge is 2.17. The van der Waals surface area contributed by atoms with E-state index < -0.39 is 5.97 Å². The van der Waals surface area contributed by atoms with Crippen molar-refractivity contribution in [1.82, 2.24) is 15.0 Å². The SMILES string of the molecule is CCCCOCCn1nnc(C(=O)O)c1CN. The van der Waals surface area contributed by atoms with Crippen molar-refractivity contribution in [2.45, 2.75) is 32.9 Å². The van der Waals surface area contributed by atoms with Gasteiger partial charge in [-0.15, -0.1) is 5.10 Å². The number of nitrogens with zero attached hydrogens (tertiary/aromatic N) is 3. The zero-order valence-corrected chi connectivity index (χ0v) is 9.93. The number of aromatic carboxylic acids is 1. The smallest absolute Gasteiger partial charge is 0.358 e. The Bertz CT molecular complexity index is 364. The molecule has 17 heavy (non-hydrogen) atoms. The Labute approximate surface area is 99.6 Å². The number of unbranched alkanes of at least 4 members (excludes halogenated alkanes) is 1. The molecule has 3 N–H and O–H groups in total. The van der Waals surface area contributed by atoms with E-state index in [1.54, 1.807) is 0 Å². The second kappa shape index (κ2) is 6.97. The molecule has 1 heterocycles. The minimum absolute atomic E-state index is 0.0824. The molecule has 1 aromatic rings. The molecule has 0 amide bonds. The lowest BCUT2D eigenvalue weighted by atomic mass is 10.3. The Balaban J connectivity index is 2.50. The zero-order valence-electron chi connectivity index (χ0n) is 9.93. The summed E-state index contributed by atoms with van der Waals surface area (Å²) in [5.41, 5.74) is 5.83. The van der Waals surface area contributed by atoms with Crippen LogP contribution in [0.1, 0.15) is 35.9 Å². The molecule has 0 aliphatic rings. The monoisotopic (exact) mass is 242 g/mol. The summed E-state index contributed by atoms with van der Waals surface area (Å²) in [6.07, 6.45) is 2.10. The highest BCUT2D eigenvalue weighted by molar-refractivity contribution is 5.86. The highest BCUT2D eigenvalue weighted by atomic mass is 16.5. The maximum atomic E-state index is 10.8. The lowest BCUT2D eigenvalue weighted by molar-refractivity contribution is 0.0689. The summed E-state index contributed by atoms with van der Waals surface area (Å²) >= 11 is 0. The molecule has 0 saturated heterocycles. The molecule has 7 nitrogen and oxygen atoms in total. The van der Waals surface area contributed by atoms with Crippen LogP contribution in [-0.2, 0) is 17.8 Å². The number of hydrogen-bond acceptors (Lipinski definition) is 5. The van der Waals surface area contributed by atoms with Crippen LogP contribution in [0.5, 0.6) is 0 Å². The number of rotatable bonds is 8. The lowest BCUT2D eigenvalue weighted by Crippen LogP contribution is -2.15. The van der Waals surface area contributed by atoms with Crippen molar-refractivity contribution in [3.63, 3.8) is 0 Å². The van der Waals surface area contributed by atoms with Gasteiger partial charge in [-0.1, -0.05) is 18.6 Å². The van der Waals surface area contributed by atoms with Gasteiger partial charge in [0, 0.05) is 13.2 Å². The van der Waals surface area contributed by atoms with E-state index in [1.807, 2.05) is 0 Å². The minimum atomic E-state index is -1.11. The van der Waals surface area contributed by atoms with Gasteiger partial charge >= 0.3 is 5.97 Å². The molecular formula is C10H18N4O3. The first kappa shape index (κ1) is 13.6. The summed E-state index contributed by atoms with van der Waals surface area (Å²) in [5, 5.41) is 16.2. The molecule has 0 unspecified atom stereocenters. The number of hydrogen-bond donors (Lipinski definition) is 2. The number of carboxylic acid groups (broad SMARTS) is 1. The molecule has 0 aliphatic heterocycles. The van der Waals surface area contributed by atoms with Crippen LogP contribution >= 0.6 is 0 Å². The van der Waals surface area contributed by atoms with Gasteiger partial charge in [0.2, 0.25) is 0 Å². The van der Waals surface area contributed by atoms with E-state index in [9.17, 15) is 4.79 Å². The van der Waals surface area contributed by atoms with Gasteiger partial charge in [-0.25, -0.2) is 9.48 Å². The number of ether oxygens (including phenoxy) is 1. The molecule has 96 valence electrons. The van der Waals surface area contributed by atoms with E-state index in [0.29, 0.717) is 25.5 Å². The second-order valence-electron chi connectivity index (χ2n) is 3.58. The molecule has 0 spiro atoms. The summed E-state index contributed by atoms with van der Waals surface area (Å²) in [4.78, 5) is 10.8. The van der Waals surface area contributed by atoms with Gasteiger partial charge in [-0.3, -0.25) is 0 Å². The third-order valence-electron chi connectivity index (χ3n) is 2.32. The van der Waals surface area contributed by atoms with Crippen molar-refractivity contribution in [2.24, 2.45) is 5.73 Å². The van der Waals surface area contributed by atoms with Gasteiger partial charge in [0.15, 0.2) is 5.69 Å². The maximum absolute atomic E-state index is 10.8. The van der Waals surface area contributed by atoms with Crippen LogP contribution in [0.25, 0.3) is 0 Å². The van der Waals surface area contributed by atoms with Gasteiger partial charge in [0.25, 0.3) is 0 Å². The van der Waals surface area contributed by atoms with E-state index in [2.05, 4.69) is 17.2 Å². The first-order valence-corrected chi connectivity index (χ1v) is 5.64. The fraction of sp³-hybridized carbons (Fsp3) is 0.700. The fourth-order valence-corrected chi connectivity index (χ4v) is 1.38. The number of nitrogens with two attached hydrogens (primary N) is 1. The summed E-state index contributed by atoms with van der Waals surface area (Å²) < 4.78 is 6.85. The zero-order chi connectivity index (χ0) is 12.7. The number of carbonyl (C=O) groups is 1.